The second kappa shape index (κ2) is 5.26. The predicted octanol–water partition coefficient (Wildman–Crippen LogP) is 1.53. The van der Waals surface area contributed by atoms with Crippen molar-refractivity contribution in [3.8, 4) is 0 Å². The number of hydrogen-bond donors (Lipinski definition) is 2. The van der Waals surface area contributed by atoms with Crippen molar-refractivity contribution < 1.29 is 4.79 Å². The fourth-order valence-electron chi connectivity index (χ4n) is 1.92. The van der Waals surface area contributed by atoms with E-state index in [2.05, 4.69) is 29.2 Å². The van der Waals surface area contributed by atoms with Gasteiger partial charge in [-0.15, -0.1) is 0 Å². The minimum Gasteiger partial charge on any atom is -0.370 e. The fourth-order valence-corrected chi connectivity index (χ4v) is 1.92. The summed E-state index contributed by atoms with van der Waals surface area (Å²) >= 11 is 0. The third-order valence-electron chi connectivity index (χ3n) is 2.89. The van der Waals surface area contributed by atoms with Gasteiger partial charge in [-0.05, 0) is 18.9 Å². The Balaban J connectivity index is 2.30. The quantitative estimate of drug-likeness (QED) is 0.854. The lowest BCUT2D eigenvalue weighted by molar-refractivity contribution is -0.118. The van der Waals surface area contributed by atoms with Crippen LogP contribution in [0.15, 0.2) is 18.5 Å². The zero-order valence-corrected chi connectivity index (χ0v) is 11.4. The van der Waals surface area contributed by atoms with Crippen LogP contribution in [0.25, 0.3) is 5.52 Å². The molecule has 2 aromatic heterocycles. The number of aromatic nitrogens is 3. The average molecular weight is 261 g/mol. The molecule has 2 rings (SSSR count). The van der Waals surface area contributed by atoms with Crippen molar-refractivity contribution in [1.82, 2.24) is 14.6 Å². The molecule has 0 saturated heterocycles. The first-order chi connectivity index (χ1) is 8.97. The molecule has 1 atom stereocenters. The number of anilines is 1. The zero-order chi connectivity index (χ0) is 14.0. The van der Waals surface area contributed by atoms with Crippen molar-refractivity contribution in [2.24, 2.45) is 5.73 Å². The molecule has 0 aliphatic carbocycles. The van der Waals surface area contributed by atoms with Crippen molar-refractivity contribution in [1.29, 1.82) is 0 Å². The van der Waals surface area contributed by atoms with Crippen molar-refractivity contribution in [3.05, 3.63) is 24.2 Å². The SMILES string of the molecule is CC(CC(N)=O)Nc1nccn2nc(C(C)C)cc12. The Bertz CT molecular complexity index is 590. The van der Waals surface area contributed by atoms with Gasteiger partial charge in [0.05, 0.1) is 5.69 Å². The van der Waals surface area contributed by atoms with Crippen LogP contribution in [0.2, 0.25) is 0 Å². The summed E-state index contributed by atoms with van der Waals surface area (Å²) in [5, 5.41) is 7.68. The van der Waals surface area contributed by atoms with Crippen molar-refractivity contribution >= 4 is 17.2 Å². The van der Waals surface area contributed by atoms with Gasteiger partial charge >= 0.3 is 0 Å². The van der Waals surface area contributed by atoms with E-state index in [0.29, 0.717) is 5.92 Å². The summed E-state index contributed by atoms with van der Waals surface area (Å²) in [6.45, 7) is 6.09. The number of primary amides is 1. The van der Waals surface area contributed by atoms with Gasteiger partial charge in [0.25, 0.3) is 0 Å². The van der Waals surface area contributed by atoms with E-state index >= 15 is 0 Å². The standard InChI is InChI=1S/C13H19N5O/c1-8(2)10-7-11-13(15-4-5-18(11)17-10)16-9(3)6-12(14)19/h4-5,7-9H,6H2,1-3H3,(H2,14,19)(H,15,16). The molecule has 6 nitrogen and oxygen atoms in total. The third kappa shape index (κ3) is 3.01. The maximum atomic E-state index is 10.9. The fraction of sp³-hybridized carbons (Fsp3) is 0.462. The lowest BCUT2D eigenvalue weighted by atomic mass is 10.1. The van der Waals surface area contributed by atoms with E-state index in [1.165, 1.54) is 0 Å². The molecular formula is C13H19N5O. The minimum atomic E-state index is -0.330. The highest BCUT2D eigenvalue weighted by molar-refractivity contribution is 5.75. The molecule has 0 aliphatic heterocycles. The van der Waals surface area contributed by atoms with E-state index in [4.69, 9.17) is 5.73 Å². The van der Waals surface area contributed by atoms with Gasteiger partial charge in [-0.3, -0.25) is 4.79 Å². The largest absolute Gasteiger partial charge is 0.370 e. The summed E-state index contributed by atoms with van der Waals surface area (Å²) < 4.78 is 1.79. The maximum absolute atomic E-state index is 10.9. The molecule has 2 aromatic rings. The van der Waals surface area contributed by atoms with Crippen LogP contribution < -0.4 is 11.1 Å². The van der Waals surface area contributed by atoms with Crippen LogP contribution in [0.5, 0.6) is 0 Å². The highest BCUT2D eigenvalue weighted by Gasteiger charge is 2.12. The van der Waals surface area contributed by atoms with E-state index in [9.17, 15) is 4.79 Å². The van der Waals surface area contributed by atoms with Gasteiger partial charge in [0, 0.05) is 24.9 Å². The number of fused-ring (bicyclic) bond motifs is 1. The molecule has 102 valence electrons. The maximum Gasteiger partial charge on any atom is 0.219 e. The predicted molar refractivity (Wildman–Crippen MR) is 74.0 cm³/mol. The van der Waals surface area contributed by atoms with E-state index in [1.54, 1.807) is 10.7 Å². The first-order valence-corrected chi connectivity index (χ1v) is 6.36. The summed E-state index contributed by atoms with van der Waals surface area (Å²) in [4.78, 5) is 15.2. The Kier molecular flexibility index (Phi) is 3.69. The lowest BCUT2D eigenvalue weighted by Crippen LogP contribution is -2.24. The minimum absolute atomic E-state index is 0.0615. The van der Waals surface area contributed by atoms with Gasteiger partial charge in [0.15, 0.2) is 5.82 Å². The number of carbonyl (C=O) groups excluding carboxylic acids is 1. The molecule has 1 amide bonds. The summed E-state index contributed by atoms with van der Waals surface area (Å²) in [5.41, 5.74) is 7.10. The molecule has 1 unspecified atom stereocenters. The van der Waals surface area contributed by atoms with Gasteiger partial charge < -0.3 is 11.1 Å². The van der Waals surface area contributed by atoms with Crippen LogP contribution in [-0.4, -0.2) is 26.5 Å². The van der Waals surface area contributed by atoms with Gasteiger partial charge in [0.1, 0.15) is 5.52 Å². The van der Waals surface area contributed by atoms with Crippen molar-refractivity contribution in [2.75, 3.05) is 5.32 Å². The lowest BCUT2D eigenvalue weighted by Gasteiger charge is -2.13. The molecule has 0 aromatic carbocycles. The van der Waals surface area contributed by atoms with Crippen LogP contribution in [0.4, 0.5) is 5.82 Å². The topological polar surface area (TPSA) is 85.3 Å². The highest BCUT2D eigenvalue weighted by Crippen LogP contribution is 2.20. The molecule has 2 heterocycles. The van der Waals surface area contributed by atoms with E-state index < -0.39 is 0 Å². The highest BCUT2D eigenvalue weighted by atomic mass is 16.1. The number of nitrogens with two attached hydrogens (primary N) is 1. The summed E-state index contributed by atoms with van der Waals surface area (Å²) in [6, 6.07) is 1.95. The molecule has 19 heavy (non-hydrogen) atoms. The van der Waals surface area contributed by atoms with Crippen LogP contribution in [0.1, 0.15) is 38.8 Å². The molecule has 3 N–H and O–H groups in total. The Morgan fingerprint density at radius 2 is 2.21 bits per heavy atom. The second-order valence-electron chi connectivity index (χ2n) is 5.05. The number of amides is 1. The first-order valence-electron chi connectivity index (χ1n) is 6.36. The second-order valence-corrected chi connectivity index (χ2v) is 5.05. The van der Waals surface area contributed by atoms with Crippen molar-refractivity contribution in [2.45, 2.75) is 39.2 Å². The van der Waals surface area contributed by atoms with Crippen LogP contribution in [-0.2, 0) is 4.79 Å². The van der Waals surface area contributed by atoms with Gasteiger partial charge in [0.2, 0.25) is 5.91 Å². The van der Waals surface area contributed by atoms with Crippen LogP contribution in [0, 0.1) is 0 Å². The first kappa shape index (κ1) is 13.3. The monoisotopic (exact) mass is 261 g/mol. The van der Waals surface area contributed by atoms with Crippen molar-refractivity contribution in [3.63, 3.8) is 0 Å². The number of rotatable bonds is 5. The molecule has 0 saturated carbocycles. The van der Waals surface area contributed by atoms with E-state index in [1.807, 2.05) is 19.2 Å². The normalized spacial score (nSPS) is 12.8. The Morgan fingerprint density at radius 1 is 1.47 bits per heavy atom. The van der Waals surface area contributed by atoms with Crippen LogP contribution >= 0.6 is 0 Å². The molecule has 0 spiro atoms. The number of hydrogen-bond acceptors (Lipinski definition) is 4. The Labute approximate surface area is 112 Å². The third-order valence-corrected chi connectivity index (χ3v) is 2.89. The number of nitrogens with one attached hydrogen (secondary N) is 1. The van der Waals surface area contributed by atoms with E-state index in [0.717, 1.165) is 17.0 Å². The van der Waals surface area contributed by atoms with Gasteiger partial charge in [-0.25, -0.2) is 9.50 Å². The number of carbonyl (C=O) groups is 1. The summed E-state index contributed by atoms with van der Waals surface area (Å²) in [7, 11) is 0. The smallest absolute Gasteiger partial charge is 0.219 e. The molecule has 0 fully saturated rings. The zero-order valence-electron chi connectivity index (χ0n) is 11.4. The van der Waals surface area contributed by atoms with Crippen LogP contribution in [0.3, 0.4) is 0 Å². The summed E-state index contributed by atoms with van der Waals surface area (Å²) in [5.74, 6) is 0.745. The van der Waals surface area contributed by atoms with Gasteiger partial charge in [-0.1, -0.05) is 13.8 Å². The molecule has 0 aliphatic rings. The Morgan fingerprint density at radius 3 is 2.84 bits per heavy atom. The average Bonchev–Trinajstić information content (AvgIpc) is 2.72. The summed E-state index contributed by atoms with van der Waals surface area (Å²) in [6.07, 6.45) is 3.77. The molecule has 0 bridgehead atoms. The Hall–Kier alpha value is -2.11. The number of nitrogens with zero attached hydrogens (tertiary/aromatic N) is 3. The molecule has 6 heteroatoms. The van der Waals surface area contributed by atoms with E-state index in [-0.39, 0.29) is 18.4 Å². The molecule has 0 radical (unpaired) electrons. The van der Waals surface area contributed by atoms with Gasteiger partial charge in [-0.2, -0.15) is 5.10 Å². The molecular weight excluding hydrogens is 242 g/mol.